The number of carboxylic acid groups (broad SMARTS) is 1. The lowest BCUT2D eigenvalue weighted by molar-refractivity contribution is 0.101. The van der Waals surface area contributed by atoms with Crippen LogP contribution in [0, 0.1) is 0 Å². The van der Waals surface area contributed by atoms with Crippen molar-refractivity contribution in [3.63, 3.8) is 0 Å². The first-order valence-electron chi connectivity index (χ1n) is 6.47. The molecule has 1 heterocycles. The van der Waals surface area contributed by atoms with E-state index in [1.165, 1.54) is 4.90 Å². The minimum Gasteiger partial charge on any atom is -0.465 e. The summed E-state index contributed by atoms with van der Waals surface area (Å²) in [6.45, 7) is 2.02. The summed E-state index contributed by atoms with van der Waals surface area (Å²) in [5.41, 5.74) is 0.224. The molecule has 1 fully saturated rings. The summed E-state index contributed by atoms with van der Waals surface area (Å²) in [7, 11) is 1.62. The zero-order valence-electron chi connectivity index (χ0n) is 11.1. The second-order valence-electron chi connectivity index (χ2n) is 4.86. The standard InChI is InChI=1S/C14H20N2O3/c1-19-11-14(7-9-15-10-8-14)16(13(17)18)12-5-3-2-4-6-12/h2-6,15H,7-11H2,1H3,(H,17,18). The quantitative estimate of drug-likeness (QED) is 0.872. The molecule has 0 spiro atoms. The van der Waals surface area contributed by atoms with Crippen LogP contribution >= 0.6 is 0 Å². The number of hydrogen-bond donors (Lipinski definition) is 2. The average molecular weight is 264 g/mol. The van der Waals surface area contributed by atoms with Crippen LogP contribution in [0.3, 0.4) is 0 Å². The molecule has 19 heavy (non-hydrogen) atoms. The summed E-state index contributed by atoms with van der Waals surface area (Å²) in [6.07, 6.45) is 0.578. The van der Waals surface area contributed by atoms with Crippen LogP contribution < -0.4 is 10.2 Å². The summed E-state index contributed by atoms with van der Waals surface area (Å²) < 4.78 is 5.30. The Morgan fingerprint density at radius 2 is 2.00 bits per heavy atom. The Hall–Kier alpha value is -1.59. The third-order valence-corrected chi connectivity index (χ3v) is 3.63. The first kappa shape index (κ1) is 13.8. The lowest BCUT2D eigenvalue weighted by Gasteiger charge is -2.44. The summed E-state index contributed by atoms with van der Waals surface area (Å²) in [4.78, 5) is 13.2. The van der Waals surface area contributed by atoms with Crippen molar-refractivity contribution in [3.8, 4) is 0 Å². The predicted octanol–water partition coefficient (Wildman–Crippen LogP) is 1.94. The molecule has 0 unspecified atom stereocenters. The summed E-state index contributed by atoms with van der Waals surface area (Å²) in [5, 5.41) is 12.9. The maximum atomic E-state index is 11.7. The molecule has 0 atom stereocenters. The summed E-state index contributed by atoms with van der Waals surface area (Å²) >= 11 is 0. The highest BCUT2D eigenvalue weighted by Crippen LogP contribution is 2.32. The number of benzene rings is 1. The molecule has 0 aliphatic carbocycles. The number of amides is 1. The van der Waals surface area contributed by atoms with Crippen LogP contribution in [0.1, 0.15) is 12.8 Å². The number of para-hydroxylation sites is 1. The fourth-order valence-corrected chi connectivity index (χ4v) is 2.76. The second kappa shape index (κ2) is 6.04. The van der Waals surface area contributed by atoms with Gasteiger partial charge in [-0.15, -0.1) is 0 Å². The van der Waals surface area contributed by atoms with Gasteiger partial charge >= 0.3 is 6.09 Å². The van der Waals surface area contributed by atoms with Crippen molar-refractivity contribution in [3.05, 3.63) is 30.3 Å². The summed E-state index contributed by atoms with van der Waals surface area (Å²) in [6, 6.07) is 9.25. The molecule has 1 saturated heterocycles. The molecular weight excluding hydrogens is 244 g/mol. The number of rotatable bonds is 4. The topological polar surface area (TPSA) is 61.8 Å². The lowest BCUT2D eigenvalue weighted by atomic mass is 9.87. The molecule has 1 aromatic rings. The van der Waals surface area contributed by atoms with Gasteiger partial charge in [0, 0.05) is 12.8 Å². The van der Waals surface area contributed by atoms with Crippen LogP contribution in [0.15, 0.2) is 30.3 Å². The third kappa shape index (κ3) is 2.88. The van der Waals surface area contributed by atoms with Crippen molar-refractivity contribution in [2.75, 3.05) is 31.7 Å². The molecule has 1 amide bonds. The third-order valence-electron chi connectivity index (χ3n) is 3.63. The molecule has 0 aromatic heterocycles. The Bertz CT molecular complexity index is 410. The number of carbonyl (C=O) groups is 1. The monoisotopic (exact) mass is 264 g/mol. The highest BCUT2D eigenvalue weighted by atomic mass is 16.5. The molecule has 0 radical (unpaired) electrons. The van der Waals surface area contributed by atoms with E-state index in [9.17, 15) is 9.90 Å². The molecule has 1 aliphatic heterocycles. The van der Waals surface area contributed by atoms with E-state index < -0.39 is 11.6 Å². The van der Waals surface area contributed by atoms with Crippen molar-refractivity contribution in [1.82, 2.24) is 5.32 Å². The van der Waals surface area contributed by atoms with Gasteiger partial charge in [-0.25, -0.2) is 4.79 Å². The average Bonchev–Trinajstić information content (AvgIpc) is 2.41. The molecule has 0 saturated carbocycles. The van der Waals surface area contributed by atoms with E-state index in [0.29, 0.717) is 12.3 Å². The van der Waals surface area contributed by atoms with Crippen LogP contribution in [-0.2, 0) is 4.74 Å². The maximum absolute atomic E-state index is 11.7. The second-order valence-corrected chi connectivity index (χ2v) is 4.86. The van der Waals surface area contributed by atoms with Gasteiger partial charge in [0.15, 0.2) is 0 Å². The van der Waals surface area contributed by atoms with Crippen LogP contribution in [0.2, 0.25) is 0 Å². The van der Waals surface area contributed by atoms with Gasteiger partial charge < -0.3 is 15.2 Å². The zero-order valence-corrected chi connectivity index (χ0v) is 11.1. The van der Waals surface area contributed by atoms with Crippen LogP contribution in [0.5, 0.6) is 0 Å². The molecule has 0 bridgehead atoms. The Labute approximate surface area is 113 Å². The van der Waals surface area contributed by atoms with E-state index in [1.807, 2.05) is 30.3 Å². The van der Waals surface area contributed by atoms with Crippen molar-refractivity contribution >= 4 is 11.8 Å². The van der Waals surface area contributed by atoms with E-state index in [0.717, 1.165) is 25.9 Å². The van der Waals surface area contributed by atoms with Crippen LogP contribution in [0.4, 0.5) is 10.5 Å². The van der Waals surface area contributed by atoms with Crippen LogP contribution in [0.25, 0.3) is 0 Å². The number of ether oxygens (including phenoxy) is 1. The zero-order chi connectivity index (χ0) is 13.7. The van der Waals surface area contributed by atoms with E-state index in [-0.39, 0.29) is 0 Å². The molecule has 1 aliphatic rings. The van der Waals surface area contributed by atoms with Crippen molar-refractivity contribution in [2.24, 2.45) is 0 Å². The molecule has 5 heteroatoms. The Morgan fingerprint density at radius 1 is 1.37 bits per heavy atom. The van der Waals surface area contributed by atoms with Gasteiger partial charge in [0.25, 0.3) is 0 Å². The predicted molar refractivity (Wildman–Crippen MR) is 73.7 cm³/mol. The fourth-order valence-electron chi connectivity index (χ4n) is 2.76. The lowest BCUT2D eigenvalue weighted by Crippen LogP contribution is -2.59. The number of piperidine rings is 1. The van der Waals surface area contributed by atoms with Gasteiger partial charge in [-0.3, -0.25) is 4.90 Å². The van der Waals surface area contributed by atoms with E-state index >= 15 is 0 Å². The van der Waals surface area contributed by atoms with Gasteiger partial charge in [0.05, 0.1) is 12.1 Å². The number of anilines is 1. The van der Waals surface area contributed by atoms with Gasteiger partial charge in [0.2, 0.25) is 0 Å². The van der Waals surface area contributed by atoms with Crippen LogP contribution in [-0.4, -0.2) is 43.5 Å². The van der Waals surface area contributed by atoms with Crippen molar-refractivity contribution in [2.45, 2.75) is 18.4 Å². The molecule has 104 valence electrons. The smallest absolute Gasteiger partial charge is 0.412 e. The first-order chi connectivity index (χ1) is 9.19. The maximum Gasteiger partial charge on any atom is 0.412 e. The highest BCUT2D eigenvalue weighted by molar-refractivity contribution is 5.87. The van der Waals surface area contributed by atoms with E-state index in [2.05, 4.69) is 5.32 Å². The molecule has 2 rings (SSSR count). The normalized spacial score (nSPS) is 17.9. The first-order valence-corrected chi connectivity index (χ1v) is 6.47. The molecular formula is C14H20N2O3. The SMILES string of the molecule is COCC1(N(C(=O)O)c2ccccc2)CCNCC1. The molecule has 2 N–H and O–H groups in total. The Balaban J connectivity index is 2.37. The van der Waals surface area contributed by atoms with Gasteiger partial charge in [-0.2, -0.15) is 0 Å². The van der Waals surface area contributed by atoms with Gasteiger partial charge in [-0.1, -0.05) is 18.2 Å². The minimum absolute atomic E-state index is 0.413. The number of methoxy groups -OCH3 is 1. The van der Waals surface area contributed by atoms with Crippen molar-refractivity contribution < 1.29 is 14.6 Å². The molecule has 1 aromatic carbocycles. The number of nitrogens with zero attached hydrogens (tertiary/aromatic N) is 1. The van der Waals surface area contributed by atoms with E-state index in [1.54, 1.807) is 7.11 Å². The van der Waals surface area contributed by atoms with Crippen molar-refractivity contribution in [1.29, 1.82) is 0 Å². The number of nitrogens with one attached hydrogen (secondary N) is 1. The summed E-state index contributed by atoms with van der Waals surface area (Å²) in [5.74, 6) is 0. The van der Waals surface area contributed by atoms with E-state index in [4.69, 9.17) is 4.74 Å². The fraction of sp³-hybridized carbons (Fsp3) is 0.500. The Morgan fingerprint density at radius 3 is 2.53 bits per heavy atom. The number of hydrogen-bond acceptors (Lipinski definition) is 3. The minimum atomic E-state index is -0.926. The largest absolute Gasteiger partial charge is 0.465 e. The highest BCUT2D eigenvalue weighted by Gasteiger charge is 2.42. The Kier molecular flexibility index (Phi) is 4.39. The van der Waals surface area contributed by atoms with Gasteiger partial charge in [-0.05, 0) is 38.1 Å². The molecule has 5 nitrogen and oxygen atoms in total. The van der Waals surface area contributed by atoms with Gasteiger partial charge in [0.1, 0.15) is 0 Å².